The Kier molecular flexibility index (Phi) is 4.73. The lowest BCUT2D eigenvalue weighted by molar-refractivity contribution is 0.489. The molecule has 1 aliphatic carbocycles. The van der Waals surface area contributed by atoms with Crippen molar-refractivity contribution in [3.63, 3.8) is 0 Å². The van der Waals surface area contributed by atoms with Crippen molar-refractivity contribution in [2.75, 3.05) is 12.8 Å². The van der Waals surface area contributed by atoms with E-state index in [1.165, 1.54) is 41.3 Å². The summed E-state index contributed by atoms with van der Waals surface area (Å²) in [7, 11) is 0. The SMILES string of the molecule is CSC1(CNC(C)c2sc(C)nc2C)CCCC1. The zero-order valence-electron chi connectivity index (χ0n) is 11.9. The molecular weight excluding hydrogens is 260 g/mol. The van der Waals surface area contributed by atoms with Gasteiger partial charge in [0, 0.05) is 22.2 Å². The van der Waals surface area contributed by atoms with Crippen LogP contribution in [0.25, 0.3) is 0 Å². The third-order valence-corrected chi connectivity index (χ3v) is 6.69. The number of hydrogen-bond donors (Lipinski definition) is 1. The van der Waals surface area contributed by atoms with E-state index in [0.717, 1.165) is 6.54 Å². The van der Waals surface area contributed by atoms with E-state index in [0.29, 0.717) is 10.8 Å². The maximum absolute atomic E-state index is 4.52. The minimum absolute atomic E-state index is 0.431. The molecule has 0 amide bonds. The highest BCUT2D eigenvalue weighted by Gasteiger charge is 2.33. The Bertz CT molecular complexity index is 394. The molecule has 1 aliphatic rings. The van der Waals surface area contributed by atoms with Crippen LogP contribution in [0.15, 0.2) is 0 Å². The maximum Gasteiger partial charge on any atom is 0.0900 e. The van der Waals surface area contributed by atoms with Crippen molar-refractivity contribution in [2.24, 2.45) is 0 Å². The fraction of sp³-hybridized carbons (Fsp3) is 0.786. The molecule has 0 aliphatic heterocycles. The molecule has 1 aromatic heterocycles. The number of thioether (sulfide) groups is 1. The number of thiazole rings is 1. The van der Waals surface area contributed by atoms with Crippen molar-refractivity contribution in [2.45, 2.75) is 57.2 Å². The van der Waals surface area contributed by atoms with E-state index in [2.05, 4.69) is 49.1 Å². The van der Waals surface area contributed by atoms with E-state index in [-0.39, 0.29) is 0 Å². The van der Waals surface area contributed by atoms with E-state index in [1.54, 1.807) is 0 Å². The summed E-state index contributed by atoms with van der Waals surface area (Å²) in [5.41, 5.74) is 1.20. The second kappa shape index (κ2) is 5.93. The molecule has 0 saturated heterocycles. The smallest absolute Gasteiger partial charge is 0.0900 e. The minimum Gasteiger partial charge on any atom is -0.308 e. The molecule has 1 atom stereocenters. The number of hydrogen-bond acceptors (Lipinski definition) is 4. The van der Waals surface area contributed by atoms with Crippen LogP contribution in [0.3, 0.4) is 0 Å². The van der Waals surface area contributed by atoms with Crippen LogP contribution in [0.2, 0.25) is 0 Å². The quantitative estimate of drug-likeness (QED) is 0.881. The number of aryl methyl sites for hydroxylation is 2. The Morgan fingerprint density at radius 2 is 2.06 bits per heavy atom. The Morgan fingerprint density at radius 1 is 1.39 bits per heavy atom. The molecule has 1 fully saturated rings. The minimum atomic E-state index is 0.431. The van der Waals surface area contributed by atoms with Gasteiger partial charge in [-0.25, -0.2) is 4.98 Å². The first-order valence-electron chi connectivity index (χ1n) is 6.79. The first-order valence-corrected chi connectivity index (χ1v) is 8.83. The summed E-state index contributed by atoms with van der Waals surface area (Å²) in [6.45, 7) is 7.61. The molecule has 2 nitrogen and oxygen atoms in total. The van der Waals surface area contributed by atoms with Gasteiger partial charge >= 0.3 is 0 Å². The van der Waals surface area contributed by atoms with Crippen molar-refractivity contribution >= 4 is 23.1 Å². The first kappa shape index (κ1) is 14.4. The van der Waals surface area contributed by atoms with Crippen LogP contribution in [0.4, 0.5) is 0 Å². The summed E-state index contributed by atoms with van der Waals surface area (Å²) in [5.74, 6) is 0. The Balaban J connectivity index is 1.95. The molecule has 1 N–H and O–H groups in total. The van der Waals surface area contributed by atoms with Gasteiger partial charge in [-0.15, -0.1) is 11.3 Å². The van der Waals surface area contributed by atoms with E-state index in [1.807, 2.05) is 11.3 Å². The zero-order chi connectivity index (χ0) is 13.2. The molecule has 1 unspecified atom stereocenters. The van der Waals surface area contributed by atoms with Crippen molar-refractivity contribution in [3.05, 3.63) is 15.6 Å². The first-order chi connectivity index (χ1) is 8.56. The molecule has 2 rings (SSSR count). The molecule has 0 bridgehead atoms. The van der Waals surface area contributed by atoms with Gasteiger partial charge in [-0.2, -0.15) is 11.8 Å². The highest BCUT2D eigenvalue weighted by Crippen LogP contribution is 2.40. The summed E-state index contributed by atoms with van der Waals surface area (Å²) >= 11 is 3.88. The van der Waals surface area contributed by atoms with Crippen LogP contribution in [-0.2, 0) is 0 Å². The van der Waals surface area contributed by atoms with Crippen LogP contribution in [0.5, 0.6) is 0 Å². The Morgan fingerprint density at radius 3 is 2.56 bits per heavy atom. The van der Waals surface area contributed by atoms with Crippen LogP contribution < -0.4 is 5.32 Å². The molecule has 1 aromatic rings. The lowest BCUT2D eigenvalue weighted by Crippen LogP contribution is -2.36. The molecule has 0 spiro atoms. The van der Waals surface area contributed by atoms with Gasteiger partial charge in [0.25, 0.3) is 0 Å². The van der Waals surface area contributed by atoms with Gasteiger partial charge < -0.3 is 5.32 Å². The molecule has 0 radical (unpaired) electrons. The van der Waals surface area contributed by atoms with Gasteiger partial charge in [0.2, 0.25) is 0 Å². The average Bonchev–Trinajstić information content (AvgIpc) is 2.94. The van der Waals surface area contributed by atoms with E-state index < -0.39 is 0 Å². The van der Waals surface area contributed by atoms with Gasteiger partial charge in [0.05, 0.1) is 10.7 Å². The van der Waals surface area contributed by atoms with E-state index in [9.17, 15) is 0 Å². The second-order valence-corrected chi connectivity index (χ2v) is 7.89. The normalized spacial score (nSPS) is 20.2. The molecular formula is C14H24N2S2. The van der Waals surface area contributed by atoms with E-state index in [4.69, 9.17) is 0 Å². The molecule has 1 saturated carbocycles. The predicted molar refractivity (Wildman–Crippen MR) is 82.7 cm³/mol. The summed E-state index contributed by atoms with van der Waals surface area (Å²) in [4.78, 5) is 5.93. The molecule has 102 valence electrons. The zero-order valence-corrected chi connectivity index (χ0v) is 13.5. The highest BCUT2D eigenvalue weighted by molar-refractivity contribution is 8.00. The van der Waals surface area contributed by atoms with Crippen molar-refractivity contribution in [3.8, 4) is 0 Å². The monoisotopic (exact) mass is 284 g/mol. The van der Waals surface area contributed by atoms with E-state index >= 15 is 0 Å². The van der Waals surface area contributed by atoms with Crippen LogP contribution in [0, 0.1) is 13.8 Å². The topological polar surface area (TPSA) is 24.9 Å². The number of aromatic nitrogens is 1. The highest BCUT2D eigenvalue weighted by atomic mass is 32.2. The summed E-state index contributed by atoms with van der Waals surface area (Å²) in [5, 5.41) is 4.91. The molecule has 1 heterocycles. The van der Waals surface area contributed by atoms with Gasteiger partial charge in [-0.1, -0.05) is 12.8 Å². The average molecular weight is 284 g/mol. The van der Waals surface area contributed by atoms with Crippen molar-refractivity contribution in [1.29, 1.82) is 0 Å². The van der Waals surface area contributed by atoms with Crippen LogP contribution >= 0.6 is 23.1 Å². The molecule has 0 aromatic carbocycles. The van der Waals surface area contributed by atoms with Gasteiger partial charge in [-0.05, 0) is 39.9 Å². The molecule has 4 heteroatoms. The third-order valence-electron chi connectivity index (χ3n) is 4.01. The summed E-state index contributed by atoms with van der Waals surface area (Å²) < 4.78 is 0.488. The predicted octanol–water partition coefficient (Wildman–Crippen LogP) is 4.09. The lowest BCUT2D eigenvalue weighted by atomic mass is 10.1. The van der Waals surface area contributed by atoms with Gasteiger partial charge in [0.15, 0.2) is 0 Å². The second-order valence-electron chi connectivity index (χ2n) is 5.38. The van der Waals surface area contributed by atoms with Crippen LogP contribution in [0.1, 0.15) is 54.2 Å². The van der Waals surface area contributed by atoms with Gasteiger partial charge in [0.1, 0.15) is 0 Å². The van der Waals surface area contributed by atoms with Crippen molar-refractivity contribution in [1.82, 2.24) is 10.3 Å². The summed E-state index contributed by atoms with van der Waals surface area (Å²) in [6, 6.07) is 0.431. The molecule has 18 heavy (non-hydrogen) atoms. The Hall–Kier alpha value is -0.0600. The lowest BCUT2D eigenvalue weighted by Gasteiger charge is -2.28. The number of nitrogens with zero attached hydrogens (tertiary/aromatic N) is 1. The van der Waals surface area contributed by atoms with Crippen LogP contribution in [-0.4, -0.2) is 22.5 Å². The fourth-order valence-electron chi connectivity index (χ4n) is 2.85. The fourth-order valence-corrected chi connectivity index (χ4v) is 4.73. The maximum atomic E-state index is 4.52. The van der Waals surface area contributed by atoms with Crippen molar-refractivity contribution < 1.29 is 0 Å². The number of nitrogens with one attached hydrogen (secondary N) is 1. The number of rotatable bonds is 5. The summed E-state index contributed by atoms with van der Waals surface area (Å²) in [6.07, 6.45) is 7.80. The standard InChI is InChI=1S/C14H24N2S2/c1-10(13-11(2)16-12(3)18-13)15-9-14(17-4)7-5-6-8-14/h10,15H,5-9H2,1-4H3. The largest absolute Gasteiger partial charge is 0.308 e. The van der Waals surface area contributed by atoms with Gasteiger partial charge in [-0.3, -0.25) is 0 Å². The third kappa shape index (κ3) is 3.09. The Labute approximate surface area is 119 Å².